The van der Waals surface area contributed by atoms with E-state index in [4.69, 9.17) is 0 Å². The van der Waals surface area contributed by atoms with Crippen LogP contribution in [-0.2, 0) is 6.61 Å². The highest BCUT2D eigenvalue weighted by Gasteiger charge is 2.20. The fourth-order valence-corrected chi connectivity index (χ4v) is 2.67. The average molecular weight is 350 g/mol. The Labute approximate surface area is 140 Å². The van der Waals surface area contributed by atoms with Crippen molar-refractivity contribution in [1.29, 1.82) is 0 Å². The first kappa shape index (κ1) is 17.0. The van der Waals surface area contributed by atoms with E-state index in [2.05, 4.69) is 19.8 Å². The Hall–Kier alpha value is -2.81. The normalized spacial score (nSPS) is 12.7. The molecule has 0 amide bonds. The van der Waals surface area contributed by atoms with Gasteiger partial charge in [0.2, 0.25) is 0 Å². The summed E-state index contributed by atoms with van der Waals surface area (Å²) in [6, 6.07) is 5.80. The lowest BCUT2D eigenvalue weighted by Gasteiger charge is -2.14. The van der Waals surface area contributed by atoms with Crippen molar-refractivity contribution in [3.8, 4) is 5.75 Å². The van der Waals surface area contributed by atoms with Crippen molar-refractivity contribution in [1.82, 2.24) is 19.7 Å². The molecule has 3 aromatic rings. The minimum Gasteiger partial charge on any atom is -0.435 e. The molecule has 1 atom stereocenters. The third-order valence-electron chi connectivity index (χ3n) is 3.86. The zero-order valence-electron chi connectivity index (χ0n) is 13.5. The van der Waals surface area contributed by atoms with Crippen LogP contribution in [0.15, 0.2) is 29.1 Å². The zero-order valence-corrected chi connectivity index (χ0v) is 13.5. The number of aromatic nitrogens is 4. The molecule has 0 saturated heterocycles. The number of ether oxygens (including phenoxy) is 1. The van der Waals surface area contributed by atoms with Crippen LogP contribution in [0.4, 0.5) is 8.78 Å². The summed E-state index contributed by atoms with van der Waals surface area (Å²) in [4.78, 5) is 19.1. The fraction of sp³-hybridized carbons (Fsp3) is 0.312. The fourth-order valence-electron chi connectivity index (χ4n) is 2.67. The molecule has 1 aromatic carbocycles. The quantitative estimate of drug-likeness (QED) is 0.735. The van der Waals surface area contributed by atoms with Gasteiger partial charge >= 0.3 is 6.61 Å². The Kier molecular flexibility index (Phi) is 4.49. The van der Waals surface area contributed by atoms with Gasteiger partial charge in [-0.1, -0.05) is 12.1 Å². The number of halogens is 2. The number of hydrogen-bond acceptors (Lipinski definition) is 5. The topological polar surface area (TPSA) is 93.0 Å². The summed E-state index contributed by atoms with van der Waals surface area (Å²) < 4.78 is 30.3. The van der Waals surface area contributed by atoms with Gasteiger partial charge in [-0.05, 0) is 31.5 Å². The van der Waals surface area contributed by atoms with E-state index in [1.165, 1.54) is 16.8 Å². The monoisotopic (exact) mass is 350 g/mol. The molecular formula is C16H16F2N4O3. The highest BCUT2D eigenvalue weighted by molar-refractivity contribution is 5.77. The van der Waals surface area contributed by atoms with Gasteiger partial charge in [0.1, 0.15) is 22.7 Å². The van der Waals surface area contributed by atoms with E-state index in [1.54, 1.807) is 19.1 Å². The summed E-state index contributed by atoms with van der Waals surface area (Å²) in [6.45, 7) is 0.196. The lowest BCUT2D eigenvalue weighted by Crippen LogP contribution is -2.13. The molecule has 3 rings (SSSR count). The predicted molar refractivity (Wildman–Crippen MR) is 85.7 cm³/mol. The van der Waals surface area contributed by atoms with Gasteiger partial charge in [-0.3, -0.25) is 4.79 Å². The molecule has 0 aliphatic carbocycles. The highest BCUT2D eigenvalue weighted by Crippen LogP contribution is 2.25. The molecule has 132 valence electrons. The first-order valence-electron chi connectivity index (χ1n) is 7.54. The van der Waals surface area contributed by atoms with Gasteiger partial charge < -0.3 is 14.8 Å². The number of rotatable bonds is 5. The molecule has 25 heavy (non-hydrogen) atoms. The maximum atomic E-state index is 12.2. The molecule has 2 heterocycles. The van der Waals surface area contributed by atoms with Crippen molar-refractivity contribution in [2.75, 3.05) is 0 Å². The van der Waals surface area contributed by atoms with Crippen LogP contribution in [0.5, 0.6) is 5.75 Å². The van der Waals surface area contributed by atoms with Crippen molar-refractivity contribution in [3.63, 3.8) is 0 Å². The minimum atomic E-state index is -2.88. The van der Waals surface area contributed by atoms with E-state index in [1.807, 2.05) is 6.92 Å². The summed E-state index contributed by atoms with van der Waals surface area (Å²) >= 11 is 0. The van der Waals surface area contributed by atoms with Crippen molar-refractivity contribution in [3.05, 3.63) is 51.7 Å². The molecular weight excluding hydrogens is 334 g/mol. The van der Waals surface area contributed by atoms with Crippen molar-refractivity contribution in [2.24, 2.45) is 0 Å². The minimum absolute atomic E-state index is 0.0535. The number of nitrogens with one attached hydrogen (secondary N) is 1. The molecule has 0 radical (unpaired) electrons. The van der Waals surface area contributed by atoms with Crippen molar-refractivity contribution < 1.29 is 18.6 Å². The number of aliphatic hydroxyl groups excluding tert-OH is 1. The van der Waals surface area contributed by atoms with Gasteiger partial charge in [0.15, 0.2) is 5.65 Å². The van der Waals surface area contributed by atoms with Crippen LogP contribution in [0.25, 0.3) is 11.0 Å². The number of benzene rings is 1. The van der Waals surface area contributed by atoms with Crippen LogP contribution in [-0.4, -0.2) is 31.5 Å². The Morgan fingerprint density at radius 3 is 2.60 bits per heavy atom. The first-order chi connectivity index (χ1) is 11.9. The second kappa shape index (κ2) is 6.60. The van der Waals surface area contributed by atoms with E-state index >= 15 is 0 Å². The van der Waals surface area contributed by atoms with Gasteiger partial charge in [-0.15, -0.1) is 0 Å². The summed E-state index contributed by atoms with van der Waals surface area (Å²) in [5.41, 5.74) is 0.972. The van der Waals surface area contributed by atoms with Crippen LogP contribution in [0.1, 0.15) is 30.0 Å². The Balaban J connectivity index is 2.05. The number of alkyl halides is 2. The van der Waals surface area contributed by atoms with Crippen LogP contribution in [0.3, 0.4) is 0 Å². The predicted octanol–water partition coefficient (Wildman–Crippen LogP) is 2.13. The van der Waals surface area contributed by atoms with E-state index in [-0.39, 0.29) is 28.4 Å². The van der Waals surface area contributed by atoms with E-state index in [0.29, 0.717) is 11.5 Å². The average Bonchev–Trinajstić information content (AvgIpc) is 2.93. The lowest BCUT2D eigenvalue weighted by atomic mass is 10.1. The first-order valence-corrected chi connectivity index (χ1v) is 7.54. The van der Waals surface area contributed by atoms with Crippen molar-refractivity contribution >= 4 is 11.0 Å². The largest absolute Gasteiger partial charge is 0.435 e. The number of fused-ring (bicyclic) bond motifs is 1. The van der Waals surface area contributed by atoms with Crippen LogP contribution in [0, 0.1) is 6.92 Å². The molecule has 0 aliphatic rings. The van der Waals surface area contributed by atoms with Gasteiger partial charge in [0.05, 0.1) is 12.6 Å². The second-order valence-electron chi connectivity index (χ2n) is 5.52. The highest BCUT2D eigenvalue weighted by atomic mass is 19.3. The third kappa shape index (κ3) is 3.22. The molecule has 0 saturated carbocycles. The molecule has 0 aliphatic heterocycles. The van der Waals surface area contributed by atoms with Gasteiger partial charge in [0, 0.05) is 0 Å². The Morgan fingerprint density at radius 1 is 1.32 bits per heavy atom. The summed E-state index contributed by atoms with van der Waals surface area (Å²) in [7, 11) is 0. The standard InChI is InChI=1S/C16H16F2N4O3/c1-8(10-3-5-11(6-4-10)25-16(17)18)22-14-13(12(7-23)21-22)15(24)20-9(2)19-14/h3-6,8,16,23H,7H2,1-2H3,(H,19,20,24). The molecule has 2 aromatic heterocycles. The molecule has 0 bridgehead atoms. The Morgan fingerprint density at radius 2 is 2.00 bits per heavy atom. The maximum absolute atomic E-state index is 12.2. The molecule has 9 heteroatoms. The van der Waals surface area contributed by atoms with Gasteiger partial charge in [-0.2, -0.15) is 13.9 Å². The molecule has 2 N–H and O–H groups in total. The number of aliphatic hydroxyl groups is 1. The third-order valence-corrected chi connectivity index (χ3v) is 3.86. The number of nitrogens with zero attached hydrogens (tertiary/aromatic N) is 3. The summed E-state index contributed by atoms with van der Waals surface area (Å²) in [5, 5.41) is 14.0. The van der Waals surface area contributed by atoms with Crippen LogP contribution in [0.2, 0.25) is 0 Å². The molecule has 0 spiro atoms. The van der Waals surface area contributed by atoms with Crippen LogP contribution >= 0.6 is 0 Å². The maximum Gasteiger partial charge on any atom is 0.387 e. The lowest BCUT2D eigenvalue weighted by molar-refractivity contribution is -0.0498. The zero-order chi connectivity index (χ0) is 18.1. The molecule has 7 nitrogen and oxygen atoms in total. The smallest absolute Gasteiger partial charge is 0.387 e. The van der Waals surface area contributed by atoms with E-state index in [9.17, 15) is 18.7 Å². The second-order valence-corrected chi connectivity index (χ2v) is 5.52. The van der Waals surface area contributed by atoms with E-state index < -0.39 is 13.2 Å². The van der Waals surface area contributed by atoms with Crippen LogP contribution < -0.4 is 10.3 Å². The number of hydrogen-bond donors (Lipinski definition) is 2. The van der Waals surface area contributed by atoms with Gasteiger partial charge in [0.25, 0.3) is 5.56 Å². The SMILES string of the molecule is Cc1nc2c(c(CO)nn2C(C)c2ccc(OC(F)F)cc2)c(=O)[nH]1. The van der Waals surface area contributed by atoms with Crippen molar-refractivity contribution in [2.45, 2.75) is 33.1 Å². The molecule has 0 fully saturated rings. The van der Waals surface area contributed by atoms with Gasteiger partial charge in [-0.25, -0.2) is 9.67 Å². The Bertz CT molecular complexity index is 950. The number of aromatic amines is 1. The number of H-pyrrole nitrogens is 1. The van der Waals surface area contributed by atoms with E-state index in [0.717, 1.165) is 5.56 Å². The number of aryl methyl sites for hydroxylation is 1. The summed E-state index contributed by atoms with van der Waals surface area (Å²) in [5.74, 6) is 0.480. The summed E-state index contributed by atoms with van der Waals surface area (Å²) in [6.07, 6.45) is 0. The molecule has 1 unspecified atom stereocenters.